The number of amides is 3. The number of nitrogens with zero attached hydrogens (tertiary/aromatic N) is 2. The van der Waals surface area contributed by atoms with Crippen molar-refractivity contribution >= 4 is 58.1 Å². The molecule has 2 saturated heterocycles. The number of benzene rings is 2. The maximum atomic E-state index is 12.8. The third kappa shape index (κ3) is 5.35. The summed E-state index contributed by atoms with van der Waals surface area (Å²) in [5.74, 6) is 0.235. The maximum Gasteiger partial charge on any atom is 0.294 e. The van der Waals surface area contributed by atoms with Crippen molar-refractivity contribution in [2.45, 2.75) is 19.4 Å². The molecule has 2 heterocycles. The van der Waals surface area contributed by atoms with Crippen LogP contribution in [0.3, 0.4) is 0 Å². The molecule has 0 spiro atoms. The molecule has 10 heteroatoms. The Morgan fingerprint density at radius 1 is 1.09 bits per heavy atom. The summed E-state index contributed by atoms with van der Waals surface area (Å²) in [6, 6.07) is 10.4. The first-order valence-electron chi connectivity index (χ1n) is 10.6. The van der Waals surface area contributed by atoms with E-state index in [1.54, 1.807) is 47.4 Å². The fourth-order valence-electron chi connectivity index (χ4n) is 3.70. The van der Waals surface area contributed by atoms with Crippen molar-refractivity contribution in [2.24, 2.45) is 0 Å². The van der Waals surface area contributed by atoms with Crippen molar-refractivity contribution in [1.82, 2.24) is 9.80 Å². The number of methoxy groups -OCH3 is 1. The Kier molecular flexibility index (Phi) is 7.70. The highest BCUT2D eigenvalue weighted by molar-refractivity contribution is 8.18. The van der Waals surface area contributed by atoms with Gasteiger partial charge in [0.15, 0.2) is 11.5 Å². The van der Waals surface area contributed by atoms with Crippen molar-refractivity contribution in [1.29, 1.82) is 0 Å². The van der Waals surface area contributed by atoms with Gasteiger partial charge in [0.1, 0.15) is 13.2 Å². The van der Waals surface area contributed by atoms with E-state index in [0.29, 0.717) is 45.8 Å². The Hall–Kier alpha value is -2.68. The van der Waals surface area contributed by atoms with Crippen molar-refractivity contribution in [3.63, 3.8) is 0 Å². The number of imide groups is 1. The lowest BCUT2D eigenvalue weighted by atomic mass is 10.1. The van der Waals surface area contributed by atoms with Crippen LogP contribution in [-0.4, -0.2) is 53.6 Å². The lowest BCUT2D eigenvalue weighted by molar-refractivity contribution is -0.135. The van der Waals surface area contributed by atoms with E-state index in [0.717, 1.165) is 29.5 Å². The number of halogens is 2. The van der Waals surface area contributed by atoms with Gasteiger partial charge in [-0.3, -0.25) is 19.3 Å². The molecule has 0 aromatic heterocycles. The second kappa shape index (κ2) is 10.7. The van der Waals surface area contributed by atoms with Crippen LogP contribution in [0.25, 0.3) is 6.08 Å². The molecular weight excluding hydrogens is 499 g/mol. The van der Waals surface area contributed by atoms with E-state index in [1.165, 1.54) is 7.11 Å². The number of carbonyl (C=O) groups is 3. The molecule has 2 aromatic carbocycles. The SMILES string of the molecule is COc1cc(/C=C2\SC(=O)N(CC(=O)N3CCCC3)C2=O)ccc1OCc1c(Cl)cccc1Cl. The smallest absolute Gasteiger partial charge is 0.294 e. The first kappa shape index (κ1) is 24.4. The predicted octanol–water partition coefficient (Wildman–Crippen LogP) is 5.24. The fourth-order valence-corrected chi connectivity index (χ4v) is 5.05. The van der Waals surface area contributed by atoms with Crippen LogP contribution in [0.1, 0.15) is 24.0 Å². The second-order valence-electron chi connectivity index (χ2n) is 7.75. The van der Waals surface area contributed by atoms with E-state index in [1.807, 2.05) is 0 Å². The Bertz CT molecular complexity index is 1140. The lowest BCUT2D eigenvalue weighted by Crippen LogP contribution is -2.40. The van der Waals surface area contributed by atoms with Gasteiger partial charge in [-0.05, 0) is 60.5 Å². The minimum atomic E-state index is -0.477. The molecule has 2 aliphatic rings. The third-order valence-electron chi connectivity index (χ3n) is 5.54. The number of hydrogen-bond donors (Lipinski definition) is 0. The zero-order chi connectivity index (χ0) is 24.2. The topological polar surface area (TPSA) is 76.2 Å². The van der Waals surface area contributed by atoms with Gasteiger partial charge in [-0.2, -0.15) is 0 Å². The van der Waals surface area contributed by atoms with Crippen LogP contribution in [-0.2, 0) is 16.2 Å². The fraction of sp³-hybridized carbons (Fsp3) is 0.292. The molecule has 0 radical (unpaired) electrons. The van der Waals surface area contributed by atoms with Crippen LogP contribution in [0.15, 0.2) is 41.3 Å². The molecule has 3 amide bonds. The highest BCUT2D eigenvalue weighted by Crippen LogP contribution is 2.35. The average molecular weight is 521 g/mol. The van der Waals surface area contributed by atoms with Crippen molar-refractivity contribution in [3.05, 3.63) is 62.5 Å². The molecule has 4 rings (SSSR count). The number of carbonyl (C=O) groups excluding carboxylic acids is 3. The first-order valence-corrected chi connectivity index (χ1v) is 12.2. The standard InChI is InChI=1S/C24H22Cl2N2O5S/c1-32-20-11-15(7-8-19(20)33-14-16-17(25)5-4-6-18(16)26)12-21-23(30)28(24(31)34-21)13-22(29)27-9-2-3-10-27/h4-8,11-12H,2-3,9-10,13-14H2,1H3/b21-12-. The van der Waals surface area contributed by atoms with E-state index in [4.69, 9.17) is 32.7 Å². The van der Waals surface area contributed by atoms with Gasteiger partial charge in [0.2, 0.25) is 5.91 Å². The Morgan fingerprint density at radius 3 is 2.47 bits per heavy atom. The van der Waals surface area contributed by atoms with Gasteiger partial charge in [0, 0.05) is 28.7 Å². The lowest BCUT2D eigenvalue weighted by Gasteiger charge is -2.18. The predicted molar refractivity (Wildman–Crippen MR) is 132 cm³/mol. The van der Waals surface area contributed by atoms with Gasteiger partial charge in [-0.1, -0.05) is 35.3 Å². The summed E-state index contributed by atoms with van der Waals surface area (Å²) >= 11 is 13.2. The molecule has 2 aliphatic heterocycles. The van der Waals surface area contributed by atoms with Gasteiger partial charge < -0.3 is 14.4 Å². The Morgan fingerprint density at radius 2 is 1.79 bits per heavy atom. The highest BCUT2D eigenvalue weighted by Gasteiger charge is 2.37. The summed E-state index contributed by atoms with van der Waals surface area (Å²) in [4.78, 5) is 40.5. The molecule has 0 N–H and O–H groups in total. The maximum absolute atomic E-state index is 12.8. The summed E-state index contributed by atoms with van der Waals surface area (Å²) in [5.41, 5.74) is 1.31. The number of thioether (sulfide) groups is 1. The van der Waals surface area contributed by atoms with E-state index < -0.39 is 11.1 Å². The Balaban J connectivity index is 1.46. The molecule has 0 saturated carbocycles. The van der Waals surface area contributed by atoms with Crippen LogP contribution < -0.4 is 9.47 Å². The van der Waals surface area contributed by atoms with Crippen molar-refractivity contribution in [2.75, 3.05) is 26.7 Å². The molecule has 7 nitrogen and oxygen atoms in total. The minimum Gasteiger partial charge on any atom is -0.493 e. The summed E-state index contributed by atoms with van der Waals surface area (Å²) < 4.78 is 11.3. The molecular formula is C24H22Cl2N2O5S. The number of rotatable bonds is 7. The van der Waals surface area contributed by atoms with Gasteiger partial charge in [0.25, 0.3) is 11.1 Å². The highest BCUT2D eigenvalue weighted by atomic mass is 35.5. The van der Waals surface area contributed by atoms with Crippen molar-refractivity contribution in [3.8, 4) is 11.5 Å². The van der Waals surface area contributed by atoms with Crippen LogP contribution in [0.5, 0.6) is 11.5 Å². The molecule has 0 aliphatic carbocycles. The third-order valence-corrected chi connectivity index (χ3v) is 7.16. The van der Waals surface area contributed by atoms with E-state index in [2.05, 4.69) is 0 Å². The quantitative estimate of drug-likeness (QED) is 0.464. The molecule has 178 valence electrons. The minimum absolute atomic E-state index is 0.151. The average Bonchev–Trinajstić information content (AvgIpc) is 3.44. The van der Waals surface area contributed by atoms with E-state index >= 15 is 0 Å². The number of likely N-dealkylation sites (tertiary alicyclic amines) is 1. The molecule has 2 aromatic rings. The normalized spacial score (nSPS) is 17.1. The van der Waals surface area contributed by atoms with E-state index in [9.17, 15) is 14.4 Å². The van der Waals surface area contributed by atoms with Crippen LogP contribution in [0.4, 0.5) is 4.79 Å². The van der Waals surface area contributed by atoms with Crippen LogP contribution >= 0.6 is 35.0 Å². The zero-order valence-corrected chi connectivity index (χ0v) is 20.7. The summed E-state index contributed by atoms with van der Waals surface area (Å²) in [7, 11) is 1.51. The van der Waals surface area contributed by atoms with Crippen LogP contribution in [0, 0.1) is 0 Å². The van der Waals surface area contributed by atoms with Crippen molar-refractivity contribution < 1.29 is 23.9 Å². The molecule has 2 fully saturated rings. The number of hydrogen-bond acceptors (Lipinski definition) is 6. The van der Waals surface area contributed by atoms with Gasteiger partial charge >= 0.3 is 0 Å². The number of ether oxygens (including phenoxy) is 2. The second-order valence-corrected chi connectivity index (χ2v) is 9.56. The zero-order valence-electron chi connectivity index (χ0n) is 18.4. The summed E-state index contributed by atoms with van der Waals surface area (Å²) in [6.45, 7) is 1.25. The molecule has 34 heavy (non-hydrogen) atoms. The largest absolute Gasteiger partial charge is 0.493 e. The molecule has 0 unspecified atom stereocenters. The van der Waals surface area contributed by atoms with Crippen LogP contribution in [0.2, 0.25) is 10.0 Å². The van der Waals surface area contributed by atoms with Gasteiger partial charge in [0.05, 0.1) is 12.0 Å². The Labute approximate surface area is 211 Å². The first-order chi connectivity index (χ1) is 16.4. The van der Waals surface area contributed by atoms with Gasteiger partial charge in [-0.15, -0.1) is 0 Å². The van der Waals surface area contributed by atoms with E-state index in [-0.39, 0.29) is 24.0 Å². The molecule has 0 atom stereocenters. The molecule has 0 bridgehead atoms. The summed E-state index contributed by atoms with van der Waals surface area (Å²) in [5, 5.41) is 0.552. The summed E-state index contributed by atoms with van der Waals surface area (Å²) in [6.07, 6.45) is 3.49. The monoisotopic (exact) mass is 520 g/mol. The van der Waals surface area contributed by atoms with Gasteiger partial charge in [-0.25, -0.2) is 0 Å².